The van der Waals surface area contributed by atoms with E-state index in [9.17, 15) is 14.4 Å². The van der Waals surface area contributed by atoms with Gasteiger partial charge in [0, 0.05) is 19.3 Å². The van der Waals surface area contributed by atoms with Crippen LogP contribution in [0.1, 0.15) is 226 Å². The molecule has 63 heavy (non-hydrogen) atoms. The third kappa shape index (κ3) is 49.2. The van der Waals surface area contributed by atoms with Crippen LogP contribution in [0.25, 0.3) is 0 Å². The maximum Gasteiger partial charge on any atom is 0.306 e. The number of carbonyl (C=O) groups excluding carboxylic acids is 3. The predicted molar refractivity (Wildman–Crippen MR) is 270 cm³/mol. The van der Waals surface area contributed by atoms with Crippen molar-refractivity contribution in [2.45, 2.75) is 232 Å². The summed E-state index contributed by atoms with van der Waals surface area (Å²) in [7, 11) is 0. The zero-order valence-corrected chi connectivity index (χ0v) is 40.8. The monoisotopic (exact) mass is 875 g/mol. The number of esters is 3. The summed E-state index contributed by atoms with van der Waals surface area (Å²) in [6.45, 7) is 6.41. The molecule has 0 heterocycles. The number of unbranched alkanes of at least 4 members (excludes halogenated alkanes) is 18. The van der Waals surface area contributed by atoms with E-state index in [1.165, 1.54) is 77.0 Å². The lowest BCUT2D eigenvalue weighted by Gasteiger charge is -2.18. The lowest BCUT2D eigenvalue weighted by molar-refractivity contribution is -0.167. The van der Waals surface area contributed by atoms with E-state index in [0.29, 0.717) is 12.8 Å². The van der Waals surface area contributed by atoms with Crippen LogP contribution in [0.15, 0.2) is 97.2 Å². The quantitative estimate of drug-likeness (QED) is 0.0262. The maximum atomic E-state index is 12.8. The fourth-order valence-corrected chi connectivity index (χ4v) is 6.71. The van der Waals surface area contributed by atoms with Gasteiger partial charge < -0.3 is 14.2 Å². The summed E-state index contributed by atoms with van der Waals surface area (Å²) < 4.78 is 16.7. The Bertz CT molecular complexity index is 1280. The van der Waals surface area contributed by atoms with Gasteiger partial charge in [0.15, 0.2) is 6.10 Å². The summed E-state index contributed by atoms with van der Waals surface area (Å²) in [4.78, 5) is 37.9. The molecule has 0 unspecified atom stereocenters. The van der Waals surface area contributed by atoms with Crippen LogP contribution in [0.4, 0.5) is 0 Å². The van der Waals surface area contributed by atoms with Gasteiger partial charge in [0.05, 0.1) is 0 Å². The van der Waals surface area contributed by atoms with Gasteiger partial charge in [-0.05, 0) is 103 Å². The second-order valence-corrected chi connectivity index (χ2v) is 16.7. The normalized spacial score (nSPS) is 12.9. The first-order valence-electron chi connectivity index (χ1n) is 25.7. The average Bonchev–Trinajstić information content (AvgIpc) is 3.28. The standard InChI is InChI=1S/C57H94O6/c1-4-7-10-13-16-19-22-24-26-27-28-29-31-33-36-39-42-45-48-51-57(60)63-54(52-61-55(58)49-46-43-40-37-34-21-18-15-12-9-6-3)53-62-56(59)50-47-44-41-38-35-32-30-25-23-20-17-14-11-8-5-2/h8,11,16-17,19-20,24-26,28-30,33,35-36,38,54H,4-7,9-10,12-15,18,21-23,27,31-32,34,37,39-53H2,1-3H3/b11-8-,19-16-,20-17-,26-24-,29-28-,30-25-,36-33-,38-35-/t54-/m0/s1. The Morgan fingerprint density at radius 1 is 0.333 bits per heavy atom. The highest BCUT2D eigenvalue weighted by molar-refractivity contribution is 5.71. The molecule has 0 amide bonds. The van der Waals surface area contributed by atoms with Crippen molar-refractivity contribution < 1.29 is 28.6 Å². The Morgan fingerprint density at radius 3 is 1.03 bits per heavy atom. The number of rotatable bonds is 45. The second kappa shape index (κ2) is 51.0. The number of carbonyl (C=O) groups is 3. The fourth-order valence-electron chi connectivity index (χ4n) is 6.71. The first-order chi connectivity index (χ1) is 31.0. The van der Waals surface area contributed by atoms with E-state index < -0.39 is 6.10 Å². The molecule has 0 saturated carbocycles. The smallest absolute Gasteiger partial charge is 0.306 e. The average molecular weight is 875 g/mol. The summed E-state index contributed by atoms with van der Waals surface area (Å²) in [5.41, 5.74) is 0. The minimum Gasteiger partial charge on any atom is -0.462 e. The van der Waals surface area contributed by atoms with Gasteiger partial charge in [0.2, 0.25) is 0 Å². The Hall–Kier alpha value is -3.67. The van der Waals surface area contributed by atoms with E-state index in [1.54, 1.807) is 0 Å². The van der Waals surface area contributed by atoms with E-state index in [1.807, 2.05) is 0 Å². The van der Waals surface area contributed by atoms with Crippen LogP contribution < -0.4 is 0 Å². The minimum atomic E-state index is -0.810. The molecule has 6 heteroatoms. The molecule has 0 aromatic heterocycles. The van der Waals surface area contributed by atoms with Crippen LogP contribution in [0, 0.1) is 0 Å². The van der Waals surface area contributed by atoms with Crippen molar-refractivity contribution >= 4 is 17.9 Å². The molecule has 0 bridgehead atoms. The highest BCUT2D eigenvalue weighted by atomic mass is 16.6. The molecular weight excluding hydrogens is 781 g/mol. The Labute approximate surface area is 387 Å². The molecule has 0 aromatic rings. The summed E-state index contributed by atoms with van der Waals surface area (Å²) in [6.07, 6.45) is 66.8. The van der Waals surface area contributed by atoms with Gasteiger partial charge in [-0.1, -0.05) is 201 Å². The van der Waals surface area contributed by atoms with Crippen LogP contribution in [0.3, 0.4) is 0 Å². The van der Waals surface area contributed by atoms with E-state index in [0.717, 1.165) is 109 Å². The molecule has 0 radical (unpaired) electrons. The van der Waals surface area contributed by atoms with E-state index >= 15 is 0 Å². The molecular formula is C57H94O6. The molecule has 0 aromatic carbocycles. The zero-order chi connectivity index (χ0) is 45.8. The van der Waals surface area contributed by atoms with Crippen molar-refractivity contribution in [2.24, 2.45) is 0 Å². The van der Waals surface area contributed by atoms with Crippen molar-refractivity contribution in [1.82, 2.24) is 0 Å². The van der Waals surface area contributed by atoms with E-state index in [-0.39, 0.29) is 37.5 Å². The van der Waals surface area contributed by atoms with Crippen molar-refractivity contribution in [1.29, 1.82) is 0 Å². The predicted octanol–water partition coefficient (Wildman–Crippen LogP) is 17.0. The van der Waals surface area contributed by atoms with Crippen molar-refractivity contribution in [3.05, 3.63) is 97.2 Å². The van der Waals surface area contributed by atoms with Gasteiger partial charge in [-0.15, -0.1) is 0 Å². The van der Waals surface area contributed by atoms with Gasteiger partial charge >= 0.3 is 17.9 Å². The van der Waals surface area contributed by atoms with Crippen LogP contribution in [-0.2, 0) is 28.6 Å². The summed E-state index contributed by atoms with van der Waals surface area (Å²) >= 11 is 0. The second-order valence-electron chi connectivity index (χ2n) is 16.7. The first kappa shape index (κ1) is 59.3. The van der Waals surface area contributed by atoms with Gasteiger partial charge in [0.1, 0.15) is 13.2 Å². The largest absolute Gasteiger partial charge is 0.462 e. The highest BCUT2D eigenvalue weighted by Crippen LogP contribution is 2.13. The van der Waals surface area contributed by atoms with Gasteiger partial charge in [-0.2, -0.15) is 0 Å². The van der Waals surface area contributed by atoms with Gasteiger partial charge in [-0.25, -0.2) is 0 Å². The molecule has 0 aliphatic heterocycles. The summed E-state index contributed by atoms with van der Waals surface area (Å²) in [5.74, 6) is -0.982. The minimum absolute atomic E-state index is 0.103. The van der Waals surface area contributed by atoms with Crippen molar-refractivity contribution in [3.63, 3.8) is 0 Å². The van der Waals surface area contributed by atoms with E-state index in [4.69, 9.17) is 14.2 Å². The number of hydrogen-bond acceptors (Lipinski definition) is 6. The number of allylic oxidation sites excluding steroid dienone is 16. The SMILES string of the molecule is CC/C=C\C/C=C\C/C=C\C/C=C\CCCCC(=O)OC[C@H](COC(=O)CCCCCCCCCCCCC)OC(=O)CCCCC/C=C\C/C=C\C/C=C\C/C=C\CCCCC. The Morgan fingerprint density at radius 2 is 0.619 bits per heavy atom. The third-order valence-electron chi connectivity index (χ3n) is 10.6. The number of ether oxygens (including phenoxy) is 3. The molecule has 6 nitrogen and oxygen atoms in total. The highest BCUT2D eigenvalue weighted by Gasteiger charge is 2.19. The molecule has 1 atom stereocenters. The molecule has 358 valence electrons. The molecule has 0 N–H and O–H groups in total. The van der Waals surface area contributed by atoms with Crippen LogP contribution >= 0.6 is 0 Å². The molecule has 0 aliphatic carbocycles. The lowest BCUT2D eigenvalue weighted by Crippen LogP contribution is -2.30. The van der Waals surface area contributed by atoms with Crippen LogP contribution in [0.2, 0.25) is 0 Å². The number of hydrogen-bond donors (Lipinski definition) is 0. The van der Waals surface area contributed by atoms with E-state index in [2.05, 4.69) is 118 Å². The summed E-state index contributed by atoms with van der Waals surface area (Å²) in [5, 5.41) is 0. The molecule has 0 spiro atoms. The van der Waals surface area contributed by atoms with Gasteiger partial charge in [0.25, 0.3) is 0 Å². The molecule has 0 fully saturated rings. The summed E-state index contributed by atoms with van der Waals surface area (Å²) in [6, 6.07) is 0. The van der Waals surface area contributed by atoms with Crippen LogP contribution in [-0.4, -0.2) is 37.2 Å². The van der Waals surface area contributed by atoms with Crippen LogP contribution in [0.5, 0.6) is 0 Å². The third-order valence-corrected chi connectivity index (χ3v) is 10.6. The topological polar surface area (TPSA) is 78.9 Å². The fraction of sp³-hybridized carbons (Fsp3) is 0.667. The Kier molecular flexibility index (Phi) is 48.0. The molecule has 0 aliphatic rings. The Balaban J connectivity index is 4.51. The van der Waals surface area contributed by atoms with Gasteiger partial charge in [-0.3, -0.25) is 14.4 Å². The van der Waals surface area contributed by atoms with Crippen molar-refractivity contribution in [3.8, 4) is 0 Å². The molecule has 0 rings (SSSR count). The lowest BCUT2D eigenvalue weighted by atomic mass is 10.1. The molecule has 0 saturated heterocycles. The zero-order valence-electron chi connectivity index (χ0n) is 40.8. The maximum absolute atomic E-state index is 12.8. The first-order valence-corrected chi connectivity index (χ1v) is 25.7. The van der Waals surface area contributed by atoms with Crippen molar-refractivity contribution in [2.75, 3.05) is 13.2 Å².